The van der Waals surface area contributed by atoms with Crippen LogP contribution in [0.2, 0.25) is 0 Å². The van der Waals surface area contributed by atoms with Gasteiger partial charge in [0, 0.05) is 11.5 Å². The zero-order valence-corrected chi connectivity index (χ0v) is 10.8. The molecule has 1 unspecified atom stereocenters. The van der Waals surface area contributed by atoms with Gasteiger partial charge in [0.25, 0.3) is 0 Å². The number of hydrogen-bond donors (Lipinski definition) is 0. The zero-order chi connectivity index (χ0) is 11.5. The lowest BCUT2D eigenvalue weighted by molar-refractivity contribution is 0.0605. The van der Waals surface area contributed by atoms with Crippen LogP contribution in [0, 0.1) is 6.92 Å². The zero-order valence-electron chi connectivity index (χ0n) is 9.19. The van der Waals surface area contributed by atoms with Gasteiger partial charge in [-0.2, -0.15) is 11.8 Å². The van der Waals surface area contributed by atoms with E-state index in [9.17, 15) is 4.79 Å². The third-order valence-corrected chi connectivity index (χ3v) is 4.50. The Morgan fingerprint density at radius 2 is 2.44 bits per heavy atom. The van der Waals surface area contributed by atoms with Gasteiger partial charge >= 0.3 is 5.97 Å². The Morgan fingerprint density at radius 1 is 1.62 bits per heavy atom. The first-order valence-electron chi connectivity index (χ1n) is 4.97. The maximum Gasteiger partial charge on any atom is 0.349 e. The quantitative estimate of drug-likeness (QED) is 0.761. The molecule has 0 aromatic carbocycles. The molecule has 1 aliphatic heterocycles. The Hall–Kier alpha value is -0.590. The number of thioether (sulfide) groups is 1. The topological polar surface area (TPSA) is 48.4 Å². The molecule has 2 heterocycles. The van der Waals surface area contributed by atoms with Gasteiger partial charge in [-0.15, -0.1) is 11.3 Å². The first kappa shape index (κ1) is 11.9. The van der Waals surface area contributed by atoms with Gasteiger partial charge in [-0.25, -0.2) is 9.78 Å². The molecule has 1 atom stereocenters. The molecular weight excluding hydrogens is 246 g/mol. The van der Waals surface area contributed by atoms with Crippen LogP contribution in [0.5, 0.6) is 0 Å². The summed E-state index contributed by atoms with van der Waals surface area (Å²) >= 11 is 3.23. The normalized spacial score (nSPS) is 20.8. The van der Waals surface area contributed by atoms with Gasteiger partial charge in [0.1, 0.15) is 16.0 Å². The summed E-state index contributed by atoms with van der Waals surface area (Å²) in [5, 5.41) is 0.880. The molecule has 16 heavy (non-hydrogen) atoms. The summed E-state index contributed by atoms with van der Waals surface area (Å²) in [5.74, 6) is 1.63. The summed E-state index contributed by atoms with van der Waals surface area (Å²) in [6.45, 7) is 2.57. The minimum atomic E-state index is -0.315. The Labute approximate surface area is 102 Å². The fourth-order valence-electron chi connectivity index (χ4n) is 1.47. The van der Waals surface area contributed by atoms with Crippen molar-refractivity contribution in [1.82, 2.24) is 4.98 Å². The molecule has 2 rings (SSSR count). The second-order valence-corrected chi connectivity index (χ2v) is 5.57. The molecule has 1 aliphatic rings. The van der Waals surface area contributed by atoms with E-state index in [-0.39, 0.29) is 12.1 Å². The van der Waals surface area contributed by atoms with Crippen molar-refractivity contribution in [3.05, 3.63) is 15.6 Å². The molecule has 6 heteroatoms. The van der Waals surface area contributed by atoms with Crippen molar-refractivity contribution in [2.45, 2.75) is 13.0 Å². The lowest BCUT2D eigenvalue weighted by atomic mass is 10.4. The third-order valence-electron chi connectivity index (χ3n) is 2.28. The molecule has 0 radical (unpaired) electrons. The number of aromatic nitrogens is 1. The van der Waals surface area contributed by atoms with E-state index in [1.54, 1.807) is 0 Å². The van der Waals surface area contributed by atoms with Crippen molar-refractivity contribution in [2.24, 2.45) is 0 Å². The van der Waals surface area contributed by atoms with Crippen LogP contribution in [0.25, 0.3) is 0 Å². The highest BCUT2D eigenvalue weighted by Gasteiger charge is 2.23. The van der Waals surface area contributed by atoms with E-state index in [2.05, 4.69) is 4.98 Å². The minimum Gasteiger partial charge on any atom is -0.465 e. The second kappa shape index (κ2) is 5.16. The first-order chi connectivity index (χ1) is 7.72. The Bertz CT molecular complexity index is 385. The molecule has 1 aromatic rings. The van der Waals surface area contributed by atoms with Crippen LogP contribution in [0.3, 0.4) is 0 Å². The molecule has 0 N–H and O–H groups in total. The van der Waals surface area contributed by atoms with Crippen LogP contribution < -0.4 is 0 Å². The molecular formula is C10H13NO3S2. The summed E-state index contributed by atoms with van der Waals surface area (Å²) in [6, 6.07) is 0. The fraction of sp³-hybridized carbons (Fsp3) is 0.600. The van der Waals surface area contributed by atoms with Gasteiger partial charge in [0.05, 0.1) is 19.4 Å². The van der Waals surface area contributed by atoms with E-state index < -0.39 is 0 Å². The third kappa shape index (κ3) is 2.39. The van der Waals surface area contributed by atoms with Crippen LogP contribution in [-0.2, 0) is 9.47 Å². The van der Waals surface area contributed by atoms with Gasteiger partial charge in [-0.1, -0.05) is 0 Å². The number of carbonyl (C=O) groups is 1. The summed E-state index contributed by atoms with van der Waals surface area (Å²) in [4.78, 5) is 16.4. The van der Waals surface area contributed by atoms with Crippen LogP contribution in [0.1, 0.15) is 26.5 Å². The number of methoxy groups -OCH3 is 1. The molecule has 0 amide bonds. The highest BCUT2D eigenvalue weighted by molar-refractivity contribution is 7.99. The molecule has 0 aliphatic carbocycles. The summed E-state index contributed by atoms with van der Waals surface area (Å²) < 4.78 is 10.3. The van der Waals surface area contributed by atoms with Gasteiger partial charge in [-0.05, 0) is 6.92 Å². The number of nitrogens with zero attached hydrogens (tertiary/aromatic N) is 1. The predicted octanol–water partition coefficient (Wildman–Crippen LogP) is 2.04. The maximum atomic E-state index is 11.4. The highest BCUT2D eigenvalue weighted by atomic mass is 32.2. The van der Waals surface area contributed by atoms with E-state index >= 15 is 0 Å². The lowest BCUT2D eigenvalue weighted by Crippen LogP contribution is -2.15. The standard InChI is InChI=1S/C10H13NO3S2/c1-6-8(10(12)13-2)16-9(11-6)7-5-15-4-3-14-7/h7H,3-5H2,1-2H3. The summed E-state index contributed by atoms with van der Waals surface area (Å²) in [5.41, 5.74) is 0.728. The van der Waals surface area contributed by atoms with Crippen LogP contribution in [-0.4, -0.2) is 36.2 Å². The average molecular weight is 259 g/mol. The number of thiazole rings is 1. The van der Waals surface area contributed by atoms with Crippen molar-refractivity contribution in [3.63, 3.8) is 0 Å². The molecule has 0 bridgehead atoms. The maximum absolute atomic E-state index is 11.4. The molecule has 1 saturated heterocycles. The largest absolute Gasteiger partial charge is 0.465 e. The molecule has 4 nitrogen and oxygen atoms in total. The van der Waals surface area contributed by atoms with E-state index in [0.717, 1.165) is 28.8 Å². The van der Waals surface area contributed by atoms with E-state index in [4.69, 9.17) is 9.47 Å². The SMILES string of the molecule is COC(=O)c1sc(C2CSCCO2)nc1C. The number of aryl methyl sites for hydroxylation is 1. The van der Waals surface area contributed by atoms with E-state index in [1.807, 2.05) is 18.7 Å². The number of rotatable bonds is 2. The van der Waals surface area contributed by atoms with E-state index in [0.29, 0.717) is 4.88 Å². The van der Waals surface area contributed by atoms with Crippen molar-refractivity contribution >= 4 is 29.1 Å². The van der Waals surface area contributed by atoms with Crippen LogP contribution >= 0.6 is 23.1 Å². The molecule has 88 valence electrons. The van der Waals surface area contributed by atoms with Gasteiger partial charge in [-0.3, -0.25) is 0 Å². The highest BCUT2D eigenvalue weighted by Crippen LogP contribution is 2.31. The summed E-state index contributed by atoms with van der Waals surface area (Å²) in [6.07, 6.45) is 0.0286. The fourth-order valence-corrected chi connectivity index (χ4v) is 3.46. The summed E-state index contributed by atoms with van der Waals surface area (Å²) in [7, 11) is 1.38. The number of hydrogen-bond acceptors (Lipinski definition) is 6. The molecule has 0 spiro atoms. The van der Waals surface area contributed by atoms with Crippen LogP contribution in [0.15, 0.2) is 0 Å². The van der Waals surface area contributed by atoms with Crippen molar-refractivity contribution in [2.75, 3.05) is 25.2 Å². The molecule has 1 aromatic heterocycles. The smallest absolute Gasteiger partial charge is 0.349 e. The second-order valence-electron chi connectivity index (χ2n) is 3.39. The van der Waals surface area contributed by atoms with Crippen molar-refractivity contribution in [3.8, 4) is 0 Å². The van der Waals surface area contributed by atoms with Gasteiger partial charge in [0.2, 0.25) is 0 Å². The molecule has 0 saturated carbocycles. The van der Waals surface area contributed by atoms with E-state index in [1.165, 1.54) is 18.4 Å². The Kier molecular flexibility index (Phi) is 3.83. The van der Waals surface area contributed by atoms with Crippen molar-refractivity contribution < 1.29 is 14.3 Å². The Balaban J connectivity index is 2.19. The molecule has 1 fully saturated rings. The van der Waals surface area contributed by atoms with Gasteiger partial charge in [0.15, 0.2) is 0 Å². The Morgan fingerprint density at radius 3 is 3.06 bits per heavy atom. The first-order valence-corrected chi connectivity index (χ1v) is 6.94. The lowest BCUT2D eigenvalue weighted by Gasteiger charge is -2.19. The van der Waals surface area contributed by atoms with Gasteiger partial charge < -0.3 is 9.47 Å². The average Bonchev–Trinajstić information content (AvgIpc) is 2.71. The monoisotopic (exact) mass is 259 g/mol. The number of ether oxygens (including phenoxy) is 2. The van der Waals surface area contributed by atoms with Crippen molar-refractivity contribution in [1.29, 1.82) is 0 Å². The number of esters is 1. The number of carbonyl (C=O) groups excluding carboxylic acids is 1. The van der Waals surface area contributed by atoms with Crippen LogP contribution in [0.4, 0.5) is 0 Å². The predicted molar refractivity (Wildman–Crippen MR) is 64.2 cm³/mol. The minimum absolute atomic E-state index is 0.0286.